The van der Waals surface area contributed by atoms with Crippen molar-refractivity contribution >= 4 is 23.8 Å². The van der Waals surface area contributed by atoms with Crippen LogP contribution in [0.5, 0.6) is 0 Å². The number of amides is 5. The number of imide groups is 2. The molecule has 3 fully saturated rings. The van der Waals surface area contributed by atoms with Crippen LogP contribution in [0.15, 0.2) is 11.8 Å². The maximum absolute atomic E-state index is 12.9. The molecule has 0 unspecified atom stereocenters. The largest absolute Gasteiger partial charge is 0.334 e. The zero-order valence-electron chi connectivity index (χ0n) is 15.0. The van der Waals surface area contributed by atoms with Gasteiger partial charge in [-0.3, -0.25) is 19.3 Å². The van der Waals surface area contributed by atoms with Crippen molar-refractivity contribution < 1.29 is 19.2 Å². The van der Waals surface area contributed by atoms with Gasteiger partial charge in [0.05, 0.1) is 0 Å². The van der Waals surface area contributed by atoms with E-state index in [0.29, 0.717) is 0 Å². The Bertz CT molecular complexity index is 676. The molecule has 0 aromatic carbocycles. The minimum absolute atomic E-state index is 0.182. The van der Waals surface area contributed by atoms with Gasteiger partial charge >= 0.3 is 17.8 Å². The van der Waals surface area contributed by atoms with Gasteiger partial charge in [0, 0.05) is 17.8 Å². The maximum atomic E-state index is 12.9. The van der Waals surface area contributed by atoms with Gasteiger partial charge in [0.15, 0.2) is 0 Å². The Hall–Kier alpha value is -2.18. The fourth-order valence-electron chi connectivity index (χ4n) is 4.33. The van der Waals surface area contributed by atoms with Gasteiger partial charge in [-0.2, -0.15) is 0 Å². The molecule has 0 spiro atoms. The van der Waals surface area contributed by atoms with E-state index in [9.17, 15) is 19.2 Å². The van der Waals surface area contributed by atoms with Crippen LogP contribution in [-0.4, -0.2) is 57.1 Å². The summed E-state index contributed by atoms with van der Waals surface area (Å²) in [4.78, 5) is 53.9. The lowest BCUT2D eigenvalue weighted by Crippen LogP contribution is -2.45. The van der Waals surface area contributed by atoms with Crippen LogP contribution in [0.3, 0.4) is 0 Å². The summed E-state index contributed by atoms with van der Waals surface area (Å²) in [7, 11) is 0. The van der Waals surface area contributed by atoms with Crippen molar-refractivity contribution in [1.29, 1.82) is 0 Å². The van der Waals surface area contributed by atoms with Crippen molar-refractivity contribution in [3.8, 4) is 0 Å². The van der Waals surface area contributed by atoms with Crippen LogP contribution in [0, 0.1) is 0 Å². The van der Waals surface area contributed by atoms with Gasteiger partial charge in [-0.05, 0) is 51.4 Å². The van der Waals surface area contributed by atoms with E-state index in [-0.39, 0.29) is 24.5 Å². The lowest BCUT2D eigenvalue weighted by molar-refractivity contribution is -0.145. The number of nitrogens with zero attached hydrogens (tertiary/aromatic N) is 3. The second-order valence-corrected chi connectivity index (χ2v) is 7.72. The molecule has 2 saturated carbocycles. The topological polar surface area (TPSA) is 78.0 Å². The average Bonchev–Trinajstić information content (AvgIpc) is 3.28. The monoisotopic (exact) mass is 359 g/mol. The Morgan fingerprint density at radius 3 is 2.35 bits per heavy atom. The molecule has 1 aliphatic heterocycles. The molecule has 4 aliphatic rings. The van der Waals surface area contributed by atoms with Crippen molar-refractivity contribution in [2.45, 2.75) is 76.3 Å². The van der Waals surface area contributed by atoms with Crippen molar-refractivity contribution in [3.63, 3.8) is 0 Å². The molecule has 26 heavy (non-hydrogen) atoms. The third kappa shape index (κ3) is 3.04. The average molecular weight is 359 g/mol. The summed E-state index contributed by atoms with van der Waals surface area (Å²) < 4.78 is 0. The van der Waals surface area contributed by atoms with Crippen LogP contribution in [0.2, 0.25) is 0 Å². The molecule has 0 aromatic heterocycles. The van der Waals surface area contributed by atoms with E-state index in [1.165, 1.54) is 0 Å². The first-order valence-electron chi connectivity index (χ1n) is 9.78. The number of allylic oxidation sites excluding steroid dienone is 2. The summed E-state index contributed by atoms with van der Waals surface area (Å²) in [6.45, 7) is -0.333. The molecule has 3 aliphatic carbocycles. The molecular weight excluding hydrogens is 334 g/mol. The number of hydrogen-bond acceptors (Lipinski definition) is 4. The first-order chi connectivity index (χ1) is 12.6. The van der Waals surface area contributed by atoms with E-state index < -0.39 is 17.8 Å². The first-order valence-corrected chi connectivity index (χ1v) is 9.78. The summed E-state index contributed by atoms with van der Waals surface area (Å²) in [5.74, 6) is -1.88. The molecule has 5 amide bonds. The molecule has 0 aromatic rings. The molecule has 0 bridgehead atoms. The predicted molar refractivity (Wildman–Crippen MR) is 92.6 cm³/mol. The van der Waals surface area contributed by atoms with Crippen molar-refractivity contribution in [1.82, 2.24) is 14.7 Å². The Morgan fingerprint density at radius 1 is 1.00 bits per heavy atom. The highest BCUT2D eigenvalue weighted by atomic mass is 16.2. The van der Waals surface area contributed by atoms with Gasteiger partial charge in [-0.25, -0.2) is 9.69 Å². The van der Waals surface area contributed by atoms with E-state index >= 15 is 0 Å². The summed E-state index contributed by atoms with van der Waals surface area (Å²) in [6.07, 6.45) is 11.4. The summed E-state index contributed by atoms with van der Waals surface area (Å²) >= 11 is 0. The molecule has 0 N–H and O–H groups in total. The van der Waals surface area contributed by atoms with E-state index in [1.54, 1.807) is 4.90 Å². The summed E-state index contributed by atoms with van der Waals surface area (Å²) in [6, 6.07) is -0.630. The van der Waals surface area contributed by atoms with Crippen LogP contribution >= 0.6 is 0 Å². The van der Waals surface area contributed by atoms with E-state index in [4.69, 9.17) is 0 Å². The van der Waals surface area contributed by atoms with Crippen LogP contribution in [0.25, 0.3) is 0 Å². The smallest absolute Gasteiger partial charge is 0.312 e. The van der Waals surface area contributed by atoms with Gasteiger partial charge in [0.2, 0.25) is 5.91 Å². The molecule has 1 saturated heterocycles. The molecule has 7 heteroatoms. The van der Waals surface area contributed by atoms with Gasteiger partial charge in [0.1, 0.15) is 6.54 Å². The molecule has 7 nitrogen and oxygen atoms in total. The van der Waals surface area contributed by atoms with Gasteiger partial charge in [-0.15, -0.1) is 0 Å². The molecule has 4 rings (SSSR count). The lowest BCUT2D eigenvalue weighted by atomic mass is 10.0. The number of urea groups is 1. The highest BCUT2D eigenvalue weighted by molar-refractivity contribution is 6.45. The maximum Gasteiger partial charge on any atom is 0.334 e. The Labute approximate surface area is 153 Å². The molecule has 0 radical (unpaired) electrons. The third-order valence-electron chi connectivity index (χ3n) is 5.82. The number of carbonyl (C=O) groups excluding carboxylic acids is 4. The van der Waals surface area contributed by atoms with E-state index in [0.717, 1.165) is 79.7 Å². The summed E-state index contributed by atoms with van der Waals surface area (Å²) in [5, 5.41) is 0. The molecule has 140 valence electrons. The van der Waals surface area contributed by atoms with Crippen molar-refractivity contribution in [3.05, 3.63) is 11.8 Å². The second kappa shape index (κ2) is 6.85. The second-order valence-electron chi connectivity index (χ2n) is 7.72. The Balaban J connectivity index is 1.49. The van der Waals surface area contributed by atoms with Crippen LogP contribution in [0.1, 0.15) is 64.2 Å². The zero-order chi connectivity index (χ0) is 18.3. The predicted octanol–water partition coefficient (Wildman–Crippen LogP) is 2.17. The van der Waals surface area contributed by atoms with Gasteiger partial charge in [-0.1, -0.05) is 18.9 Å². The fourth-order valence-corrected chi connectivity index (χ4v) is 4.33. The normalized spacial score (nSPS) is 24.5. The lowest BCUT2D eigenvalue weighted by Gasteiger charge is -2.29. The number of carbonyl (C=O) groups is 4. The van der Waals surface area contributed by atoms with Crippen LogP contribution in [0.4, 0.5) is 4.79 Å². The standard InChI is InChI=1S/C19H25N3O4/c23-16(21(15-10-11-15)13-6-2-1-3-7-13)12-20-17(24)18(25)22(19(20)26)14-8-4-5-9-14/h6,14-15H,1-5,7-12H2. The minimum atomic E-state index is -0.858. The third-order valence-corrected chi connectivity index (χ3v) is 5.82. The summed E-state index contributed by atoms with van der Waals surface area (Å²) in [5.41, 5.74) is 1.02. The SMILES string of the molecule is O=C1C(=O)N(C2CCCC2)C(=O)N1CC(=O)N(C1=CCCCC1)C1CC1. The van der Waals surface area contributed by atoms with Crippen molar-refractivity contribution in [2.75, 3.05) is 6.54 Å². The van der Waals surface area contributed by atoms with Gasteiger partial charge < -0.3 is 4.90 Å². The van der Waals surface area contributed by atoms with Crippen LogP contribution < -0.4 is 0 Å². The Kier molecular flexibility index (Phi) is 4.54. The molecule has 0 atom stereocenters. The fraction of sp³-hybridized carbons (Fsp3) is 0.684. The minimum Gasteiger partial charge on any atom is -0.312 e. The van der Waals surface area contributed by atoms with Crippen molar-refractivity contribution in [2.24, 2.45) is 0 Å². The van der Waals surface area contributed by atoms with E-state index in [1.807, 2.05) is 0 Å². The molecular formula is C19H25N3O4. The van der Waals surface area contributed by atoms with Gasteiger partial charge in [0.25, 0.3) is 0 Å². The first kappa shape index (κ1) is 17.2. The van der Waals surface area contributed by atoms with Crippen LogP contribution in [-0.2, 0) is 14.4 Å². The highest BCUT2D eigenvalue weighted by Crippen LogP contribution is 2.34. The van der Waals surface area contributed by atoms with E-state index in [2.05, 4.69) is 6.08 Å². The molecule has 1 heterocycles. The highest BCUT2D eigenvalue weighted by Gasteiger charge is 2.49. The quantitative estimate of drug-likeness (QED) is 0.557. The Morgan fingerprint density at radius 2 is 1.73 bits per heavy atom. The number of rotatable bonds is 5. The number of hydrogen-bond donors (Lipinski definition) is 0. The zero-order valence-corrected chi connectivity index (χ0v) is 15.0.